The fourth-order valence-electron chi connectivity index (χ4n) is 3.95. The Balaban J connectivity index is 1.28. The molecule has 7 heteroatoms. The Bertz CT molecular complexity index is 869. The number of benzene rings is 1. The van der Waals surface area contributed by atoms with Crippen LogP contribution >= 0.6 is 0 Å². The first-order valence-corrected chi connectivity index (χ1v) is 9.98. The van der Waals surface area contributed by atoms with Crippen LogP contribution in [0.4, 0.5) is 4.39 Å². The number of carbonyl (C=O) groups is 2. The van der Waals surface area contributed by atoms with Crippen LogP contribution in [0.5, 0.6) is 5.75 Å². The average Bonchev–Trinajstić information content (AvgIpc) is 3.11. The third-order valence-electron chi connectivity index (χ3n) is 5.53. The summed E-state index contributed by atoms with van der Waals surface area (Å²) in [5.41, 5.74) is 0.819. The minimum absolute atomic E-state index is 0.00762. The van der Waals surface area contributed by atoms with Gasteiger partial charge in [0.25, 0.3) is 0 Å². The summed E-state index contributed by atoms with van der Waals surface area (Å²) < 4.78 is 19.5. The SMILES string of the molecule is O=C1CC(C(=O)N2CCC(Oc3ccccc3F)CC2)CN1Cc1ccccn1. The maximum atomic E-state index is 13.8. The predicted octanol–water partition coefficient (Wildman–Crippen LogP) is 2.64. The highest BCUT2D eigenvalue weighted by Crippen LogP contribution is 2.25. The maximum Gasteiger partial charge on any atom is 0.227 e. The van der Waals surface area contributed by atoms with E-state index in [1.807, 2.05) is 23.1 Å². The molecule has 2 amide bonds. The molecule has 2 aliphatic rings. The molecule has 0 spiro atoms. The smallest absolute Gasteiger partial charge is 0.227 e. The van der Waals surface area contributed by atoms with Gasteiger partial charge in [-0.25, -0.2) is 4.39 Å². The summed E-state index contributed by atoms with van der Waals surface area (Å²) in [7, 11) is 0. The van der Waals surface area contributed by atoms with Crippen molar-refractivity contribution in [1.82, 2.24) is 14.8 Å². The zero-order chi connectivity index (χ0) is 20.2. The largest absolute Gasteiger partial charge is 0.487 e. The lowest BCUT2D eigenvalue weighted by atomic mass is 10.0. The van der Waals surface area contributed by atoms with E-state index in [0.29, 0.717) is 39.0 Å². The molecule has 3 heterocycles. The molecule has 0 saturated carbocycles. The van der Waals surface area contributed by atoms with Crippen molar-refractivity contribution in [2.24, 2.45) is 5.92 Å². The molecule has 29 heavy (non-hydrogen) atoms. The van der Waals surface area contributed by atoms with Crippen molar-refractivity contribution < 1.29 is 18.7 Å². The highest BCUT2D eigenvalue weighted by atomic mass is 19.1. The normalized spacial score (nSPS) is 20.2. The quantitative estimate of drug-likeness (QED) is 0.778. The Labute approximate surface area is 169 Å². The van der Waals surface area contributed by atoms with Gasteiger partial charge >= 0.3 is 0 Å². The minimum Gasteiger partial charge on any atom is -0.487 e. The van der Waals surface area contributed by atoms with Crippen molar-refractivity contribution >= 4 is 11.8 Å². The number of hydrogen-bond acceptors (Lipinski definition) is 4. The van der Waals surface area contributed by atoms with Crippen LogP contribution in [0, 0.1) is 11.7 Å². The summed E-state index contributed by atoms with van der Waals surface area (Å²) in [6.45, 7) is 1.98. The van der Waals surface area contributed by atoms with Crippen LogP contribution in [-0.2, 0) is 16.1 Å². The molecule has 1 aromatic carbocycles. The number of para-hydroxylation sites is 1. The molecule has 6 nitrogen and oxygen atoms in total. The number of hydrogen-bond donors (Lipinski definition) is 0. The van der Waals surface area contributed by atoms with Crippen LogP contribution in [0.25, 0.3) is 0 Å². The zero-order valence-corrected chi connectivity index (χ0v) is 16.2. The topological polar surface area (TPSA) is 62.7 Å². The van der Waals surface area contributed by atoms with Crippen molar-refractivity contribution in [2.75, 3.05) is 19.6 Å². The summed E-state index contributed by atoms with van der Waals surface area (Å²) in [5, 5.41) is 0. The van der Waals surface area contributed by atoms with E-state index < -0.39 is 0 Å². The van der Waals surface area contributed by atoms with Gasteiger partial charge in [-0.1, -0.05) is 18.2 Å². The molecule has 2 aromatic rings. The van der Waals surface area contributed by atoms with Gasteiger partial charge in [-0.2, -0.15) is 0 Å². The van der Waals surface area contributed by atoms with E-state index in [-0.39, 0.29) is 41.8 Å². The maximum absolute atomic E-state index is 13.8. The van der Waals surface area contributed by atoms with Crippen LogP contribution < -0.4 is 4.74 Å². The van der Waals surface area contributed by atoms with Gasteiger partial charge in [-0.3, -0.25) is 14.6 Å². The minimum atomic E-state index is -0.372. The Morgan fingerprint density at radius 3 is 2.62 bits per heavy atom. The molecule has 1 atom stereocenters. The number of amides is 2. The van der Waals surface area contributed by atoms with E-state index in [1.54, 1.807) is 29.3 Å². The van der Waals surface area contributed by atoms with Crippen LogP contribution in [0.1, 0.15) is 25.0 Å². The predicted molar refractivity (Wildman–Crippen MR) is 104 cm³/mol. The fraction of sp³-hybridized carbons (Fsp3) is 0.409. The monoisotopic (exact) mass is 397 g/mol. The lowest BCUT2D eigenvalue weighted by molar-refractivity contribution is -0.137. The van der Waals surface area contributed by atoms with Crippen molar-refractivity contribution in [3.05, 3.63) is 60.2 Å². The number of pyridine rings is 1. The van der Waals surface area contributed by atoms with Gasteiger partial charge in [0.1, 0.15) is 6.10 Å². The molecule has 1 aromatic heterocycles. The van der Waals surface area contributed by atoms with Crippen LogP contribution in [0.2, 0.25) is 0 Å². The van der Waals surface area contributed by atoms with Gasteiger partial charge in [0.15, 0.2) is 11.6 Å². The summed E-state index contributed by atoms with van der Waals surface area (Å²) >= 11 is 0. The second-order valence-electron chi connectivity index (χ2n) is 7.57. The van der Waals surface area contributed by atoms with E-state index in [1.165, 1.54) is 6.07 Å². The van der Waals surface area contributed by atoms with Gasteiger partial charge in [-0.15, -0.1) is 0 Å². The van der Waals surface area contributed by atoms with E-state index in [2.05, 4.69) is 4.98 Å². The van der Waals surface area contributed by atoms with E-state index >= 15 is 0 Å². The second kappa shape index (κ2) is 8.59. The number of rotatable bonds is 5. The first kappa shape index (κ1) is 19.4. The second-order valence-corrected chi connectivity index (χ2v) is 7.57. The summed E-state index contributed by atoms with van der Waals surface area (Å²) in [5.74, 6) is -0.416. The third-order valence-corrected chi connectivity index (χ3v) is 5.53. The molecule has 2 fully saturated rings. The molecule has 0 radical (unpaired) electrons. The van der Waals surface area contributed by atoms with E-state index in [0.717, 1.165) is 5.69 Å². The van der Waals surface area contributed by atoms with E-state index in [4.69, 9.17) is 4.74 Å². The van der Waals surface area contributed by atoms with Crippen molar-refractivity contribution in [3.63, 3.8) is 0 Å². The molecule has 0 aliphatic carbocycles. The zero-order valence-electron chi connectivity index (χ0n) is 16.2. The van der Waals surface area contributed by atoms with Gasteiger partial charge in [0, 0.05) is 45.1 Å². The molecular formula is C22H24FN3O3. The van der Waals surface area contributed by atoms with Gasteiger partial charge < -0.3 is 14.5 Å². The molecule has 1 unspecified atom stereocenters. The Morgan fingerprint density at radius 1 is 1.14 bits per heavy atom. The summed E-state index contributed by atoms with van der Waals surface area (Å²) in [6, 6.07) is 12.0. The van der Waals surface area contributed by atoms with Gasteiger partial charge in [0.2, 0.25) is 11.8 Å². The number of halogens is 1. The summed E-state index contributed by atoms with van der Waals surface area (Å²) in [4.78, 5) is 33.0. The highest BCUT2D eigenvalue weighted by molar-refractivity contribution is 5.89. The molecule has 2 aliphatic heterocycles. The number of aromatic nitrogens is 1. The Hall–Kier alpha value is -2.96. The number of nitrogens with zero attached hydrogens (tertiary/aromatic N) is 3. The first-order valence-electron chi connectivity index (χ1n) is 9.98. The van der Waals surface area contributed by atoms with Crippen LogP contribution in [0.3, 0.4) is 0 Å². The standard InChI is InChI=1S/C22H24FN3O3/c23-19-6-1-2-7-20(19)29-18-8-11-25(12-9-18)22(28)16-13-21(27)26(14-16)15-17-5-3-4-10-24-17/h1-7,10,16,18H,8-9,11-15H2. The van der Waals surface area contributed by atoms with Crippen molar-refractivity contribution in [3.8, 4) is 5.75 Å². The molecule has 152 valence electrons. The number of carbonyl (C=O) groups excluding carboxylic acids is 2. The highest BCUT2D eigenvalue weighted by Gasteiger charge is 2.37. The summed E-state index contributed by atoms with van der Waals surface area (Å²) in [6.07, 6.45) is 3.14. The Kier molecular flexibility index (Phi) is 5.74. The number of likely N-dealkylation sites (tertiary alicyclic amines) is 2. The third kappa shape index (κ3) is 4.55. The van der Waals surface area contributed by atoms with Crippen molar-refractivity contribution in [1.29, 1.82) is 0 Å². The van der Waals surface area contributed by atoms with Crippen LogP contribution in [-0.4, -0.2) is 52.3 Å². The lowest BCUT2D eigenvalue weighted by Gasteiger charge is -2.33. The van der Waals surface area contributed by atoms with Crippen molar-refractivity contribution in [2.45, 2.75) is 31.9 Å². The molecule has 2 saturated heterocycles. The molecule has 0 N–H and O–H groups in total. The lowest BCUT2D eigenvalue weighted by Crippen LogP contribution is -2.44. The van der Waals surface area contributed by atoms with E-state index in [9.17, 15) is 14.0 Å². The molecule has 4 rings (SSSR count). The fourth-order valence-corrected chi connectivity index (χ4v) is 3.95. The number of ether oxygens (including phenoxy) is 1. The molecular weight excluding hydrogens is 373 g/mol. The molecule has 0 bridgehead atoms. The first-order chi connectivity index (χ1) is 14.1. The number of piperidine rings is 1. The van der Waals surface area contributed by atoms with Gasteiger partial charge in [0.05, 0.1) is 18.2 Å². The van der Waals surface area contributed by atoms with Crippen LogP contribution in [0.15, 0.2) is 48.7 Å². The average molecular weight is 397 g/mol. The Morgan fingerprint density at radius 2 is 1.90 bits per heavy atom. The van der Waals surface area contributed by atoms with Gasteiger partial charge in [-0.05, 0) is 24.3 Å².